The molecule has 1 aliphatic carbocycles. The third kappa shape index (κ3) is 3.53. The number of benzene rings is 1. The Balaban J connectivity index is 2.23. The molecule has 0 bridgehead atoms. The highest BCUT2D eigenvalue weighted by atomic mass is 16.5. The Kier molecular flexibility index (Phi) is 4.66. The van der Waals surface area contributed by atoms with E-state index in [4.69, 9.17) is 14.6 Å². The van der Waals surface area contributed by atoms with Crippen LogP contribution in [0.1, 0.15) is 38.2 Å². The number of carboxylic acids is 1. The first kappa shape index (κ1) is 14.4. The Morgan fingerprint density at radius 2 is 2.00 bits per heavy atom. The van der Waals surface area contributed by atoms with Crippen molar-refractivity contribution in [3.05, 3.63) is 29.3 Å². The molecular formula is C16H20O4. The van der Waals surface area contributed by atoms with Crippen molar-refractivity contribution in [3.8, 4) is 11.5 Å². The molecule has 0 radical (unpaired) electrons. The molecule has 4 heteroatoms. The predicted octanol–water partition coefficient (Wildman–Crippen LogP) is 3.50. The van der Waals surface area contributed by atoms with E-state index < -0.39 is 5.97 Å². The zero-order valence-corrected chi connectivity index (χ0v) is 11.9. The molecule has 1 aliphatic rings. The Morgan fingerprint density at radius 3 is 2.60 bits per heavy atom. The lowest BCUT2D eigenvalue weighted by Crippen LogP contribution is -2.11. The lowest BCUT2D eigenvalue weighted by molar-refractivity contribution is -0.132. The SMILES string of the molecule is COc1ccc(/C=C(\C)C(=O)O)cc1OC1CCCC1. The molecule has 4 nitrogen and oxygen atoms in total. The van der Waals surface area contributed by atoms with E-state index in [1.807, 2.05) is 18.2 Å². The molecule has 0 aliphatic heterocycles. The van der Waals surface area contributed by atoms with Crippen molar-refractivity contribution in [2.75, 3.05) is 7.11 Å². The molecule has 0 aromatic heterocycles. The number of hydrogen-bond acceptors (Lipinski definition) is 3. The average Bonchev–Trinajstić information content (AvgIpc) is 2.92. The lowest BCUT2D eigenvalue weighted by Gasteiger charge is -2.16. The minimum atomic E-state index is -0.918. The van der Waals surface area contributed by atoms with Gasteiger partial charge in [0.05, 0.1) is 13.2 Å². The lowest BCUT2D eigenvalue weighted by atomic mass is 10.1. The second kappa shape index (κ2) is 6.46. The summed E-state index contributed by atoms with van der Waals surface area (Å²) < 4.78 is 11.3. The van der Waals surface area contributed by atoms with Gasteiger partial charge in [-0.05, 0) is 56.4 Å². The fourth-order valence-corrected chi connectivity index (χ4v) is 2.37. The molecule has 1 fully saturated rings. The summed E-state index contributed by atoms with van der Waals surface area (Å²) in [5.74, 6) is 0.451. The van der Waals surface area contributed by atoms with Crippen molar-refractivity contribution in [3.63, 3.8) is 0 Å². The van der Waals surface area contributed by atoms with Crippen LogP contribution in [0.4, 0.5) is 0 Å². The van der Waals surface area contributed by atoms with Crippen molar-refractivity contribution >= 4 is 12.0 Å². The molecule has 1 saturated carbocycles. The Labute approximate surface area is 119 Å². The molecule has 0 heterocycles. The van der Waals surface area contributed by atoms with Crippen molar-refractivity contribution in [1.29, 1.82) is 0 Å². The first-order valence-corrected chi connectivity index (χ1v) is 6.86. The second-order valence-corrected chi connectivity index (χ2v) is 5.07. The van der Waals surface area contributed by atoms with Crippen LogP contribution in [0.25, 0.3) is 6.08 Å². The van der Waals surface area contributed by atoms with Gasteiger partial charge in [0.2, 0.25) is 0 Å². The monoisotopic (exact) mass is 276 g/mol. The van der Waals surface area contributed by atoms with E-state index >= 15 is 0 Å². The third-order valence-corrected chi connectivity index (χ3v) is 3.50. The minimum Gasteiger partial charge on any atom is -0.493 e. The highest BCUT2D eigenvalue weighted by molar-refractivity contribution is 5.91. The molecule has 1 N–H and O–H groups in total. The first-order valence-electron chi connectivity index (χ1n) is 6.86. The molecule has 108 valence electrons. The van der Waals surface area contributed by atoms with Gasteiger partial charge in [0.15, 0.2) is 11.5 Å². The summed E-state index contributed by atoms with van der Waals surface area (Å²) >= 11 is 0. The van der Waals surface area contributed by atoms with Crippen LogP contribution in [0, 0.1) is 0 Å². The smallest absolute Gasteiger partial charge is 0.331 e. The van der Waals surface area contributed by atoms with Gasteiger partial charge < -0.3 is 14.6 Å². The van der Waals surface area contributed by atoms with E-state index in [0.717, 1.165) is 18.4 Å². The molecular weight excluding hydrogens is 256 g/mol. The molecule has 0 unspecified atom stereocenters. The number of carboxylic acid groups (broad SMARTS) is 1. The second-order valence-electron chi connectivity index (χ2n) is 5.07. The maximum absolute atomic E-state index is 10.9. The van der Waals surface area contributed by atoms with Crippen LogP contribution in [-0.4, -0.2) is 24.3 Å². The van der Waals surface area contributed by atoms with Crippen molar-refractivity contribution in [2.45, 2.75) is 38.7 Å². The Bertz CT molecular complexity index is 513. The van der Waals surface area contributed by atoms with Crippen LogP contribution < -0.4 is 9.47 Å². The van der Waals surface area contributed by atoms with Gasteiger partial charge in [-0.3, -0.25) is 0 Å². The van der Waals surface area contributed by atoms with Gasteiger partial charge in [-0.25, -0.2) is 4.79 Å². The van der Waals surface area contributed by atoms with Crippen LogP contribution in [0.3, 0.4) is 0 Å². The molecule has 1 aromatic rings. The van der Waals surface area contributed by atoms with Crippen molar-refractivity contribution in [2.24, 2.45) is 0 Å². The number of carbonyl (C=O) groups is 1. The maximum atomic E-state index is 10.9. The fourth-order valence-electron chi connectivity index (χ4n) is 2.37. The van der Waals surface area contributed by atoms with Gasteiger partial charge in [-0.2, -0.15) is 0 Å². The van der Waals surface area contributed by atoms with Crippen LogP contribution in [-0.2, 0) is 4.79 Å². The highest BCUT2D eigenvalue weighted by Gasteiger charge is 2.18. The normalized spacial score (nSPS) is 16.2. The quantitative estimate of drug-likeness (QED) is 0.836. The summed E-state index contributed by atoms with van der Waals surface area (Å²) in [4.78, 5) is 10.9. The molecule has 2 rings (SSSR count). The number of ether oxygens (including phenoxy) is 2. The summed E-state index contributed by atoms with van der Waals surface area (Å²) in [7, 11) is 1.61. The largest absolute Gasteiger partial charge is 0.493 e. The topological polar surface area (TPSA) is 55.8 Å². The molecule has 0 spiro atoms. The molecule has 0 amide bonds. The number of aliphatic carboxylic acids is 1. The zero-order valence-electron chi connectivity index (χ0n) is 11.9. The van der Waals surface area contributed by atoms with Crippen molar-refractivity contribution in [1.82, 2.24) is 0 Å². The number of methoxy groups -OCH3 is 1. The van der Waals surface area contributed by atoms with E-state index in [2.05, 4.69) is 0 Å². The summed E-state index contributed by atoms with van der Waals surface area (Å²) in [5, 5.41) is 8.92. The summed E-state index contributed by atoms with van der Waals surface area (Å²) in [6, 6.07) is 5.47. The molecule has 20 heavy (non-hydrogen) atoms. The van der Waals surface area contributed by atoms with E-state index in [-0.39, 0.29) is 6.10 Å². The number of hydrogen-bond donors (Lipinski definition) is 1. The van der Waals surface area contributed by atoms with E-state index in [1.165, 1.54) is 12.8 Å². The number of rotatable bonds is 5. The van der Waals surface area contributed by atoms with E-state index in [9.17, 15) is 4.79 Å². The van der Waals surface area contributed by atoms with Gasteiger partial charge in [0.25, 0.3) is 0 Å². The first-order chi connectivity index (χ1) is 9.60. The van der Waals surface area contributed by atoms with Crippen LogP contribution >= 0.6 is 0 Å². The van der Waals surface area contributed by atoms with E-state index in [1.54, 1.807) is 20.1 Å². The maximum Gasteiger partial charge on any atom is 0.331 e. The molecule has 1 aromatic carbocycles. The van der Waals surface area contributed by atoms with Gasteiger partial charge in [-0.1, -0.05) is 6.07 Å². The van der Waals surface area contributed by atoms with Crippen molar-refractivity contribution < 1.29 is 19.4 Å². The summed E-state index contributed by atoms with van der Waals surface area (Å²) in [5.41, 5.74) is 1.10. The predicted molar refractivity (Wildman–Crippen MR) is 77.2 cm³/mol. The fraction of sp³-hybridized carbons (Fsp3) is 0.438. The van der Waals surface area contributed by atoms with Gasteiger partial charge in [-0.15, -0.1) is 0 Å². The third-order valence-electron chi connectivity index (χ3n) is 3.50. The van der Waals surface area contributed by atoms with Crippen LogP contribution in [0.5, 0.6) is 11.5 Å². The van der Waals surface area contributed by atoms with Crippen LogP contribution in [0.15, 0.2) is 23.8 Å². The van der Waals surface area contributed by atoms with Crippen LogP contribution in [0.2, 0.25) is 0 Å². The standard InChI is InChI=1S/C16H20O4/c1-11(16(17)18)9-12-7-8-14(19-2)15(10-12)20-13-5-3-4-6-13/h7-10,13H,3-6H2,1-2H3,(H,17,18)/b11-9+. The van der Waals surface area contributed by atoms with Gasteiger partial charge in [0.1, 0.15) is 0 Å². The summed E-state index contributed by atoms with van der Waals surface area (Å²) in [6.07, 6.45) is 6.40. The van der Waals surface area contributed by atoms with Gasteiger partial charge in [0, 0.05) is 5.57 Å². The Hall–Kier alpha value is -1.97. The van der Waals surface area contributed by atoms with E-state index in [0.29, 0.717) is 17.1 Å². The minimum absolute atomic E-state index is 0.240. The average molecular weight is 276 g/mol. The zero-order chi connectivity index (χ0) is 14.5. The van der Waals surface area contributed by atoms with Gasteiger partial charge >= 0.3 is 5.97 Å². The summed E-state index contributed by atoms with van der Waals surface area (Å²) in [6.45, 7) is 1.57. The molecule has 0 saturated heterocycles. The Morgan fingerprint density at radius 1 is 1.30 bits per heavy atom. The molecule has 0 atom stereocenters. The highest BCUT2D eigenvalue weighted by Crippen LogP contribution is 2.32.